The summed E-state index contributed by atoms with van der Waals surface area (Å²) in [7, 11) is 0. The second kappa shape index (κ2) is 5.26. The number of ether oxygens (including phenoxy) is 1. The first kappa shape index (κ1) is 12.0. The van der Waals surface area contributed by atoms with E-state index >= 15 is 0 Å². The minimum absolute atomic E-state index is 0.00928. The molecule has 17 heavy (non-hydrogen) atoms. The van der Waals surface area contributed by atoms with Gasteiger partial charge in [-0.25, -0.2) is 4.79 Å². The van der Waals surface area contributed by atoms with Crippen LogP contribution in [0, 0.1) is 10.5 Å². The summed E-state index contributed by atoms with van der Waals surface area (Å²) < 4.78 is 10.8. The highest BCUT2D eigenvalue weighted by Gasteiger charge is 2.12. The maximum Gasteiger partial charge on any atom is 0.339 e. The van der Waals surface area contributed by atoms with Crippen molar-refractivity contribution in [1.82, 2.24) is 10.1 Å². The Morgan fingerprint density at radius 1 is 1.47 bits per heavy atom. The van der Waals surface area contributed by atoms with E-state index in [0.29, 0.717) is 17.3 Å². The van der Waals surface area contributed by atoms with Crippen LogP contribution in [0.2, 0.25) is 0 Å². The van der Waals surface area contributed by atoms with Crippen molar-refractivity contribution in [2.75, 3.05) is 0 Å². The summed E-state index contributed by atoms with van der Waals surface area (Å²) in [5.41, 5.74) is 0.532. The Morgan fingerprint density at radius 2 is 2.24 bits per heavy atom. The molecule has 0 bridgehead atoms. The predicted molar refractivity (Wildman–Crippen MR) is 67.3 cm³/mol. The third kappa shape index (κ3) is 3.02. The average Bonchev–Trinajstić information content (AvgIpc) is 2.73. The topological polar surface area (TPSA) is 65.2 Å². The summed E-state index contributed by atoms with van der Waals surface area (Å²) in [5.74, 6) is 0.415. The van der Waals surface area contributed by atoms with Crippen LogP contribution in [0.3, 0.4) is 0 Å². The highest BCUT2D eigenvalue weighted by atomic mass is 127. The molecule has 0 radical (unpaired) electrons. The van der Waals surface area contributed by atoms with E-state index in [4.69, 9.17) is 9.26 Å². The summed E-state index contributed by atoms with van der Waals surface area (Å²) >= 11 is 2.08. The van der Waals surface area contributed by atoms with Crippen molar-refractivity contribution in [2.45, 2.75) is 13.5 Å². The largest absolute Gasteiger partial charge is 0.452 e. The number of hydrogen-bond donors (Lipinski definition) is 0. The molecule has 2 aromatic rings. The van der Waals surface area contributed by atoms with Crippen molar-refractivity contribution >= 4 is 28.6 Å². The lowest BCUT2D eigenvalue weighted by molar-refractivity contribution is 0.0428. The van der Waals surface area contributed by atoms with Gasteiger partial charge in [0.05, 0.1) is 5.56 Å². The van der Waals surface area contributed by atoms with Gasteiger partial charge in [-0.15, -0.1) is 0 Å². The minimum atomic E-state index is -0.397. The third-order valence-electron chi connectivity index (χ3n) is 1.99. The monoisotopic (exact) mass is 344 g/mol. The smallest absolute Gasteiger partial charge is 0.339 e. The number of benzene rings is 1. The van der Waals surface area contributed by atoms with Crippen molar-refractivity contribution in [3.63, 3.8) is 0 Å². The molecule has 88 valence electrons. The fraction of sp³-hybridized carbons (Fsp3) is 0.182. The lowest BCUT2D eigenvalue weighted by atomic mass is 10.2. The summed E-state index contributed by atoms with van der Waals surface area (Å²) in [4.78, 5) is 15.7. The Morgan fingerprint density at radius 3 is 2.88 bits per heavy atom. The van der Waals surface area contributed by atoms with Crippen LogP contribution in [0.5, 0.6) is 0 Å². The lowest BCUT2D eigenvalue weighted by Crippen LogP contribution is -2.07. The number of carbonyl (C=O) groups is 1. The Bertz CT molecular complexity index is 539. The quantitative estimate of drug-likeness (QED) is 0.632. The molecule has 1 aromatic carbocycles. The van der Waals surface area contributed by atoms with Gasteiger partial charge in [-0.2, -0.15) is 4.98 Å². The maximum atomic E-state index is 11.7. The molecule has 0 amide bonds. The maximum absolute atomic E-state index is 11.7. The normalized spacial score (nSPS) is 10.2. The molecular formula is C11H9IN2O3. The highest BCUT2D eigenvalue weighted by molar-refractivity contribution is 14.1. The number of aromatic nitrogens is 2. The average molecular weight is 344 g/mol. The highest BCUT2D eigenvalue weighted by Crippen LogP contribution is 2.13. The van der Waals surface area contributed by atoms with Crippen molar-refractivity contribution in [3.8, 4) is 0 Å². The molecule has 6 heteroatoms. The number of esters is 1. The molecule has 0 aliphatic rings. The molecular weight excluding hydrogens is 335 g/mol. The van der Waals surface area contributed by atoms with Gasteiger partial charge in [0.15, 0.2) is 12.4 Å². The van der Waals surface area contributed by atoms with Crippen LogP contribution in [-0.4, -0.2) is 16.1 Å². The number of aryl methyl sites for hydroxylation is 1. The fourth-order valence-electron chi connectivity index (χ4n) is 1.23. The Labute approximate surface area is 111 Å². The van der Waals surface area contributed by atoms with Crippen LogP contribution in [-0.2, 0) is 11.3 Å². The van der Waals surface area contributed by atoms with Gasteiger partial charge in [0.25, 0.3) is 5.89 Å². The van der Waals surface area contributed by atoms with E-state index < -0.39 is 5.97 Å². The van der Waals surface area contributed by atoms with Gasteiger partial charge < -0.3 is 9.26 Å². The van der Waals surface area contributed by atoms with E-state index in [0.717, 1.165) is 3.57 Å². The second-order valence-corrected chi connectivity index (χ2v) is 4.45. The molecule has 0 aliphatic carbocycles. The minimum Gasteiger partial charge on any atom is -0.452 e. The summed E-state index contributed by atoms with van der Waals surface area (Å²) in [5, 5.41) is 3.61. The second-order valence-electron chi connectivity index (χ2n) is 3.29. The summed E-state index contributed by atoms with van der Waals surface area (Å²) in [6.07, 6.45) is 0. The van der Waals surface area contributed by atoms with E-state index in [1.807, 2.05) is 12.1 Å². The molecule has 1 heterocycles. The predicted octanol–water partition coefficient (Wildman–Crippen LogP) is 2.34. The number of nitrogens with zero attached hydrogens (tertiary/aromatic N) is 2. The SMILES string of the molecule is Cc1noc(COC(=O)c2ccccc2I)n1. The van der Waals surface area contributed by atoms with Crippen molar-refractivity contribution < 1.29 is 14.1 Å². The van der Waals surface area contributed by atoms with E-state index in [1.54, 1.807) is 19.1 Å². The first-order valence-electron chi connectivity index (χ1n) is 4.87. The van der Waals surface area contributed by atoms with E-state index in [2.05, 4.69) is 32.7 Å². The first-order valence-corrected chi connectivity index (χ1v) is 5.95. The molecule has 5 nitrogen and oxygen atoms in total. The molecule has 0 unspecified atom stereocenters. The Kier molecular flexibility index (Phi) is 3.72. The molecule has 0 atom stereocenters. The summed E-state index contributed by atoms with van der Waals surface area (Å²) in [6.45, 7) is 1.69. The third-order valence-corrected chi connectivity index (χ3v) is 2.93. The number of carbonyl (C=O) groups excluding carboxylic acids is 1. The zero-order valence-electron chi connectivity index (χ0n) is 9.01. The first-order chi connectivity index (χ1) is 8.16. The molecule has 2 rings (SSSR count). The van der Waals surface area contributed by atoms with Crippen LogP contribution < -0.4 is 0 Å². The lowest BCUT2D eigenvalue weighted by Gasteiger charge is -2.03. The van der Waals surface area contributed by atoms with Crippen LogP contribution >= 0.6 is 22.6 Å². The van der Waals surface area contributed by atoms with Crippen molar-refractivity contribution in [1.29, 1.82) is 0 Å². The number of hydrogen-bond acceptors (Lipinski definition) is 5. The van der Waals surface area contributed by atoms with E-state index in [-0.39, 0.29) is 6.61 Å². The number of rotatable bonds is 3. The molecule has 0 saturated heterocycles. The van der Waals surface area contributed by atoms with Crippen LogP contribution in [0.4, 0.5) is 0 Å². The van der Waals surface area contributed by atoms with Crippen molar-refractivity contribution in [3.05, 3.63) is 45.1 Å². The van der Waals surface area contributed by atoms with E-state index in [1.165, 1.54) is 0 Å². The Hall–Kier alpha value is -1.44. The number of halogens is 1. The van der Waals surface area contributed by atoms with E-state index in [9.17, 15) is 4.79 Å². The van der Waals surface area contributed by atoms with Gasteiger partial charge in [-0.1, -0.05) is 17.3 Å². The van der Waals surface area contributed by atoms with Gasteiger partial charge in [0, 0.05) is 3.57 Å². The van der Waals surface area contributed by atoms with Crippen LogP contribution in [0.15, 0.2) is 28.8 Å². The summed E-state index contributed by atoms with van der Waals surface area (Å²) in [6, 6.07) is 7.20. The van der Waals surface area contributed by atoms with Gasteiger partial charge in [-0.3, -0.25) is 0 Å². The van der Waals surface area contributed by atoms with Crippen LogP contribution in [0.25, 0.3) is 0 Å². The van der Waals surface area contributed by atoms with Gasteiger partial charge in [-0.05, 0) is 41.6 Å². The molecule has 0 fully saturated rings. The van der Waals surface area contributed by atoms with Gasteiger partial charge in [0.1, 0.15) is 0 Å². The van der Waals surface area contributed by atoms with Gasteiger partial charge in [0.2, 0.25) is 0 Å². The van der Waals surface area contributed by atoms with Gasteiger partial charge >= 0.3 is 5.97 Å². The molecule has 1 aromatic heterocycles. The molecule has 0 saturated carbocycles. The van der Waals surface area contributed by atoms with Crippen LogP contribution in [0.1, 0.15) is 22.1 Å². The van der Waals surface area contributed by atoms with Crippen molar-refractivity contribution in [2.24, 2.45) is 0 Å². The molecule has 0 spiro atoms. The zero-order chi connectivity index (χ0) is 12.3. The molecule has 0 N–H and O–H groups in total. The Balaban J connectivity index is 2.01. The fourth-order valence-corrected chi connectivity index (χ4v) is 1.84. The zero-order valence-corrected chi connectivity index (χ0v) is 11.2. The molecule has 0 aliphatic heterocycles. The standard InChI is InChI=1S/C11H9IN2O3/c1-7-13-10(17-14-7)6-16-11(15)8-4-2-3-5-9(8)12/h2-5H,6H2,1H3.